The summed E-state index contributed by atoms with van der Waals surface area (Å²) in [7, 11) is 1.30. The van der Waals surface area contributed by atoms with E-state index in [4.69, 9.17) is 0 Å². The summed E-state index contributed by atoms with van der Waals surface area (Å²) in [6.45, 7) is 0. The first kappa shape index (κ1) is 17.8. The lowest BCUT2D eigenvalue weighted by Gasteiger charge is -2.56. The number of Topliss-reactive ketones (excluding diaryl/α,β-unsaturated/α-hetero) is 1. The maximum Gasteiger partial charge on any atom is 0.311 e. The molecular weight excluding hydrogens is 352 g/mol. The van der Waals surface area contributed by atoms with Crippen molar-refractivity contribution >= 4 is 23.5 Å². The van der Waals surface area contributed by atoms with E-state index in [-0.39, 0.29) is 17.4 Å². The SMILES string of the molecule is COC(=O)Cc1cc(=O)[nH]c(SCC(=O)C23CC4CC(CC(C4)C2)C3)n1. The summed E-state index contributed by atoms with van der Waals surface area (Å²) in [5, 5.41) is 0.398. The van der Waals surface area contributed by atoms with Crippen molar-refractivity contribution in [1.82, 2.24) is 9.97 Å². The molecular formula is C19H24N2O4S. The highest BCUT2D eigenvalue weighted by Gasteiger charge is 2.54. The Labute approximate surface area is 156 Å². The first-order chi connectivity index (χ1) is 12.5. The summed E-state index contributed by atoms with van der Waals surface area (Å²) in [6.07, 6.45) is 7.02. The van der Waals surface area contributed by atoms with E-state index in [1.54, 1.807) is 0 Å². The molecule has 4 fully saturated rings. The Morgan fingerprint density at radius 3 is 2.42 bits per heavy atom. The molecule has 26 heavy (non-hydrogen) atoms. The minimum absolute atomic E-state index is 0.0447. The van der Waals surface area contributed by atoms with Crippen molar-refractivity contribution in [3.05, 3.63) is 22.1 Å². The average Bonchev–Trinajstić information content (AvgIpc) is 2.58. The number of hydrogen-bond acceptors (Lipinski definition) is 6. The molecule has 5 rings (SSSR count). The predicted molar refractivity (Wildman–Crippen MR) is 96.9 cm³/mol. The van der Waals surface area contributed by atoms with Gasteiger partial charge in [0.05, 0.1) is 25.0 Å². The molecule has 0 amide bonds. The standard InChI is InChI=1S/C19H24N2O4S/c1-25-17(24)6-14-5-16(23)21-18(20-14)26-10-15(22)19-7-11-2-12(8-19)4-13(3-11)9-19/h5,11-13H,2-4,6-10H2,1H3,(H,20,21,23). The maximum atomic E-state index is 13.0. The van der Waals surface area contributed by atoms with Crippen LogP contribution in [0.25, 0.3) is 0 Å². The molecule has 0 aromatic carbocycles. The van der Waals surface area contributed by atoms with Crippen molar-refractivity contribution < 1.29 is 14.3 Å². The van der Waals surface area contributed by atoms with Crippen molar-refractivity contribution in [3.63, 3.8) is 0 Å². The number of carbonyl (C=O) groups is 2. The minimum Gasteiger partial charge on any atom is -0.469 e. The second kappa shape index (κ2) is 6.83. The number of ketones is 1. The van der Waals surface area contributed by atoms with Crippen LogP contribution < -0.4 is 5.56 Å². The third-order valence-corrected chi connectivity index (χ3v) is 7.17. The van der Waals surface area contributed by atoms with Gasteiger partial charge in [-0.25, -0.2) is 4.98 Å². The van der Waals surface area contributed by atoms with E-state index in [9.17, 15) is 14.4 Å². The third-order valence-electron chi connectivity index (χ3n) is 6.30. The van der Waals surface area contributed by atoms with Crippen LogP contribution in [0.1, 0.15) is 44.2 Å². The largest absolute Gasteiger partial charge is 0.469 e. The number of hydrogen-bond donors (Lipinski definition) is 1. The van der Waals surface area contributed by atoms with E-state index in [2.05, 4.69) is 14.7 Å². The van der Waals surface area contributed by atoms with E-state index < -0.39 is 5.97 Å². The highest BCUT2D eigenvalue weighted by Crippen LogP contribution is 2.60. The van der Waals surface area contributed by atoms with Gasteiger partial charge in [-0.1, -0.05) is 11.8 Å². The number of nitrogens with one attached hydrogen (secondary N) is 1. The Morgan fingerprint density at radius 2 is 1.85 bits per heavy atom. The first-order valence-electron chi connectivity index (χ1n) is 9.29. The molecule has 140 valence electrons. The molecule has 4 aliphatic carbocycles. The zero-order valence-corrected chi connectivity index (χ0v) is 15.8. The number of ether oxygens (including phenoxy) is 1. The van der Waals surface area contributed by atoms with Gasteiger partial charge >= 0.3 is 5.97 Å². The van der Waals surface area contributed by atoms with Gasteiger partial charge in [-0.3, -0.25) is 14.4 Å². The van der Waals surface area contributed by atoms with Crippen molar-refractivity contribution in [2.75, 3.05) is 12.9 Å². The Kier molecular flexibility index (Phi) is 4.67. The molecule has 1 heterocycles. The molecule has 1 aromatic heterocycles. The van der Waals surface area contributed by atoms with Crippen LogP contribution in [0.4, 0.5) is 0 Å². The summed E-state index contributed by atoms with van der Waals surface area (Å²) in [5.74, 6) is 2.40. The van der Waals surface area contributed by atoms with E-state index in [1.807, 2.05) is 0 Å². The lowest BCUT2D eigenvalue weighted by atomic mass is 9.48. The molecule has 0 atom stereocenters. The Bertz CT molecular complexity index is 753. The minimum atomic E-state index is -0.441. The maximum absolute atomic E-state index is 13.0. The summed E-state index contributed by atoms with van der Waals surface area (Å²) in [4.78, 5) is 43.2. The lowest BCUT2D eigenvalue weighted by Crippen LogP contribution is -2.50. The molecule has 6 nitrogen and oxygen atoms in total. The lowest BCUT2D eigenvalue weighted by molar-refractivity contribution is -0.141. The van der Waals surface area contributed by atoms with Gasteiger partial charge < -0.3 is 9.72 Å². The van der Waals surface area contributed by atoms with Crippen LogP contribution in [0, 0.1) is 23.2 Å². The molecule has 4 saturated carbocycles. The van der Waals surface area contributed by atoms with E-state index in [0.717, 1.165) is 37.0 Å². The fraction of sp³-hybridized carbons (Fsp3) is 0.684. The highest BCUT2D eigenvalue weighted by molar-refractivity contribution is 7.99. The molecule has 4 bridgehead atoms. The van der Waals surface area contributed by atoms with Gasteiger partial charge in [0, 0.05) is 11.5 Å². The third kappa shape index (κ3) is 3.46. The van der Waals surface area contributed by atoms with Gasteiger partial charge in [-0.05, 0) is 56.3 Å². The van der Waals surface area contributed by atoms with Crippen molar-refractivity contribution in [2.45, 2.75) is 50.1 Å². The van der Waals surface area contributed by atoms with Crippen LogP contribution in [0.15, 0.2) is 16.0 Å². The zero-order chi connectivity index (χ0) is 18.3. The van der Waals surface area contributed by atoms with Crippen LogP contribution in [-0.2, 0) is 20.7 Å². The number of nitrogens with zero attached hydrogens (tertiary/aromatic N) is 1. The van der Waals surface area contributed by atoms with Crippen LogP contribution in [-0.4, -0.2) is 34.6 Å². The van der Waals surface area contributed by atoms with E-state index in [1.165, 1.54) is 44.2 Å². The number of rotatable bonds is 6. The molecule has 1 aromatic rings. The molecule has 0 aliphatic heterocycles. The molecule has 7 heteroatoms. The summed E-state index contributed by atoms with van der Waals surface area (Å²) in [6, 6.07) is 1.29. The number of aromatic amines is 1. The fourth-order valence-electron chi connectivity index (χ4n) is 5.60. The number of thioether (sulfide) groups is 1. The number of H-pyrrole nitrogens is 1. The first-order valence-corrected chi connectivity index (χ1v) is 10.3. The van der Waals surface area contributed by atoms with Gasteiger partial charge in [0.25, 0.3) is 5.56 Å². The molecule has 1 N–H and O–H groups in total. The van der Waals surface area contributed by atoms with Gasteiger partial charge in [0.15, 0.2) is 5.16 Å². The van der Waals surface area contributed by atoms with E-state index >= 15 is 0 Å². The van der Waals surface area contributed by atoms with Crippen LogP contribution in [0.5, 0.6) is 0 Å². The monoisotopic (exact) mass is 376 g/mol. The average molecular weight is 376 g/mol. The normalized spacial score (nSPS) is 31.8. The molecule has 0 unspecified atom stereocenters. The van der Waals surface area contributed by atoms with Gasteiger partial charge in [-0.15, -0.1) is 0 Å². The van der Waals surface area contributed by atoms with Crippen molar-refractivity contribution in [3.8, 4) is 0 Å². The van der Waals surface area contributed by atoms with Crippen molar-refractivity contribution in [2.24, 2.45) is 23.2 Å². The Hall–Kier alpha value is -1.63. The van der Waals surface area contributed by atoms with Gasteiger partial charge in [0.1, 0.15) is 5.78 Å². The van der Waals surface area contributed by atoms with Gasteiger partial charge in [0.2, 0.25) is 0 Å². The fourth-order valence-corrected chi connectivity index (χ4v) is 6.53. The van der Waals surface area contributed by atoms with Gasteiger partial charge in [-0.2, -0.15) is 0 Å². The quantitative estimate of drug-likeness (QED) is 0.466. The number of esters is 1. The molecule has 0 spiro atoms. The Balaban J connectivity index is 1.43. The summed E-state index contributed by atoms with van der Waals surface area (Å²) in [5.41, 5.74) is -0.0833. The molecule has 0 radical (unpaired) electrons. The van der Waals surface area contributed by atoms with Crippen LogP contribution in [0.2, 0.25) is 0 Å². The number of methoxy groups -OCH3 is 1. The second-order valence-electron chi connectivity index (χ2n) is 8.20. The second-order valence-corrected chi connectivity index (χ2v) is 9.17. The molecule has 0 saturated heterocycles. The molecule has 4 aliphatic rings. The topological polar surface area (TPSA) is 89.1 Å². The summed E-state index contributed by atoms with van der Waals surface area (Å²) >= 11 is 1.27. The van der Waals surface area contributed by atoms with Crippen molar-refractivity contribution in [1.29, 1.82) is 0 Å². The predicted octanol–water partition coefficient (Wildman–Crippen LogP) is 2.36. The number of aromatic nitrogens is 2. The number of carbonyl (C=O) groups excluding carboxylic acids is 2. The van der Waals surface area contributed by atoms with Crippen LogP contribution in [0.3, 0.4) is 0 Å². The summed E-state index contributed by atoms with van der Waals surface area (Å²) < 4.78 is 4.62. The van der Waals surface area contributed by atoms with Crippen LogP contribution >= 0.6 is 11.8 Å². The van der Waals surface area contributed by atoms with E-state index in [0.29, 0.717) is 22.4 Å². The smallest absolute Gasteiger partial charge is 0.311 e. The highest BCUT2D eigenvalue weighted by atomic mass is 32.2. The zero-order valence-electron chi connectivity index (χ0n) is 15.0. The Morgan fingerprint density at radius 1 is 1.23 bits per heavy atom.